The molecule has 0 unspecified atom stereocenters. The highest BCUT2D eigenvalue weighted by Gasteiger charge is 2.27. The lowest BCUT2D eigenvalue weighted by Gasteiger charge is -2.09. The monoisotopic (exact) mass is 478 g/mol. The standard InChI is InChI=1S/C27H24F6O/c1-2-3-4-18-7-14-23(24(28)15-18)20-10-12-22(13-11-20)26(30)25(29)21-8-5-19(6-9-21)16-34-17-27(31,32)33/h5-15H,2-4,16-17H2,1H3/b26-25-. The van der Waals surface area contributed by atoms with Crippen molar-refractivity contribution in [3.05, 3.63) is 94.8 Å². The zero-order valence-corrected chi connectivity index (χ0v) is 18.6. The predicted molar refractivity (Wildman–Crippen MR) is 122 cm³/mol. The maximum atomic E-state index is 14.7. The van der Waals surface area contributed by atoms with Crippen molar-refractivity contribution in [3.63, 3.8) is 0 Å². The molecule has 1 nitrogen and oxygen atoms in total. The van der Waals surface area contributed by atoms with Gasteiger partial charge in [0, 0.05) is 16.7 Å². The fraction of sp³-hybridized carbons (Fsp3) is 0.259. The number of hydrogen-bond acceptors (Lipinski definition) is 1. The van der Waals surface area contributed by atoms with Gasteiger partial charge in [0.25, 0.3) is 0 Å². The molecular formula is C27H24F6O. The van der Waals surface area contributed by atoms with Crippen molar-refractivity contribution in [2.45, 2.75) is 39.0 Å². The van der Waals surface area contributed by atoms with Crippen molar-refractivity contribution < 1.29 is 31.1 Å². The number of hydrogen-bond donors (Lipinski definition) is 0. The Bertz CT molecular complexity index is 1120. The van der Waals surface area contributed by atoms with Crippen LogP contribution in [0.15, 0.2) is 66.7 Å². The summed E-state index contributed by atoms with van der Waals surface area (Å²) in [5.74, 6) is -2.58. The van der Waals surface area contributed by atoms with Crippen molar-refractivity contribution in [2.24, 2.45) is 0 Å². The van der Waals surface area contributed by atoms with Gasteiger partial charge >= 0.3 is 6.18 Å². The molecule has 0 spiro atoms. The number of rotatable bonds is 9. The summed E-state index contributed by atoms with van der Waals surface area (Å²) in [7, 11) is 0. The Labute approximate surface area is 194 Å². The van der Waals surface area contributed by atoms with Gasteiger partial charge in [-0.05, 0) is 35.6 Å². The van der Waals surface area contributed by atoms with Crippen molar-refractivity contribution in [1.82, 2.24) is 0 Å². The van der Waals surface area contributed by atoms with E-state index in [0.717, 1.165) is 24.8 Å². The molecule has 0 N–H and O–H groups in total. The van der Waals surface area contributed by atoms with E-state index < -0.39 is 24.4 Å². The molecule has 7 heteroatoms. The quantitative estimate of drug-likeness (QED) is 0.221. The second-order valence-corrected chi connectivity index (χ2v) is 7.93. The third-order valence-corrected chi connectivity index (χ3v) is 5.24. The minimum absolute atomic E-state index is 0.0150. The maximum Gasteiger partial charge on any atom is 0.411 e. The summed E-state index contributed by atoms with van der Waals surface area (Å²) in [6.45, 7) is 0.376. The summed E-state index contributed by atoms with van der Waals surface area (Å²) in [6, 6.07) is 16.1. The molecule has 0 aliphatic heterocycles. The van der Waals surface area contributed by atoms with Gasteiger partial charge in [-0.2, -0.15) is 13.2 Å². The third-order valence-electron chi connectivity index (χ3n) is 5.24. The van der Waals surface area contributed by atoms with Gasteiger partial charge in [0.1, 0.15) is 12.4 Å². The Balaban J connectivity index is 1.71. The average Bonchev–Trinajstić information content (AvgIpc) is 2.82. The van der Waals surface area contributed by atoms with E-state index in [1.807, 2.05) is 6.07 Å². The molecule has 0 aliphatic carbocycles. The second kappa shape index (κ2) is 11.4. The van der Waals surface area contributed by atoms with E-state index in [0.29, 0.717) is 16.7 Å². The van der Waals surface area contributed by atoms with Crippen molar-refractivity contribution in [2.75, 3.05) is 6.61 Å². The van der Waals surface area contributed by atoms with E-state index in [1.54, 1.807) is 6.07 Å². The highest BCUT2D eigenvalue weighted by molar-refractivity contribution is 5.83. The van der Waals surface area contributed by atoms with E-state index in [4.69, 9.17) is 0 Å². The largest absolute Gasteiger partial charge is 0.411 e. The molecule has 0 saturated heterocycles. The van der Waals surface area contributed by atoms with Crippen LogP contribution in [0.1, 0.15) is 42.0 Å². The molecule has 0 saturated carbocycles. The highest BCUT2D eigenvalue weighted by atomic mass is 19.4. The lowest BCUT2D eigenvalue weighted by molar-refractivity contribution is -0.176. The van der Waals surface area contributed by atoms with Crippen LogP contribution in [-0.4, -0.2) is 12.8 Å². The van der Waals surface area contributed by atoms with E-state index in [9.17, 15) is 26.3 Å². The summed E-state index contributed by atoms with van der Waals surface area (Å²) in [6.07, 6.45) is -1.65. The number of alkyl halides is 3. The zero-order chi connectivity index (χ0) is 24.7. The minimum Gasteiger partial charge on any atom is -0.367 e. The molecule has 3 aromatic rings. The minimum atomic E-state index is -4.43. The van der Waals surface area contributed by atoms with Crippen LogP contribution in [0.3, 0.4) is 0 Å². The number of halogens is 6. The molecule has 0 aliphatic rings. The summed E-state index contributed by atoms with van der Waals surface area (Å²) < 4.78 is 84.9. The van der Waals surface area contributed by atoms with Gasteiger partial charge in [0.15, 0.2) is 11.7 Å². The van der Waals surface area contributed by atoms with Crippen LogP contribution in [0.4, 0.5) is 26.3 Å². The molecule has 0 bridgehead atoms. The van der Waals surface area contributed by atoms with Crippen molar-refractivity contribution in [3.8, 4) is 11.1 Å². The predicted octanol–water partition coefficient (Wildman–Crippen LogP) is 8.68. The van der Waals surface area contributed by atoms with Gasteiger partial charge in [-0.25, -0.2) is 13.2 Å². The molecule has 34 heavy (non-hydrogen) atoms. The van der Waals surface area contributed by atoms with Crippen molar-refractivity contribution in [1.29, 1.82) is 0 Å². The smallest absolute Gasteiger partial charge is 0.367 e. The number of unbranched alkanes of at least 4 members (excludes halogenated alkanes) is 1. The Morgan fingerprint density at radius 1 is 0.794 bits per heavy atom. The molecule has 3 aromatic carbocycles. The first kappa shape index (κ1) is 25.6. The second-order valence-electron chi connectivity index (χ2n) is 7.93. The summed E-state index contributed by atoms with van der Waals surface area (Å²) in [4.78, 5) is 0. The Kier molecular flexibility index (Phi) is 8.56. The van der Waals surface area contributed by atoms with Crippen LogP contribution in [0.5, 0.6) is 0 Å². The third kappa shape index (κ3) is 6.97. The summed E-state index contributed by atoms with van der Waals surface area (Å²) in [5.41, 5.74) is 2.15. The molecule has 0 amide bonds. The van der Waals surface area contributed by atoms with Crippen LogP contribution in [-0.2, 0) is 17.8 Å². The number of aryl methyl sites for hydroxylation is 1. The fourth-order valence-electron chi connectivity index (χ4n) is 3.41. The first-order valence-corrected chi connectivity index (χ1v) is 10.9. The molecule has 3 rings (SSSR count). The lowest BCUT2D eigenvalue weighted by Crippen LogP contribution is -2.16. The highest BCUT2D eigenvalue weighted by Crippen LogP contribution is 2.31. The van der Waals surface area contributed by atoms with Gasteiger partial charge in [0.05, 0.1) is 6.61 Å². The Hall–Kier alpha value is -3.06. The van der Waals surface area contributed by atoms with E-state index in [-0.39, 0.29) is 23.6 Å². The fourth-order valence-corrected chi connectivity index (χ4v) is 3.41. The summed E-state index contributed by atoms with van der Waals surface area (Å²) >= 11 is 0. The van der Waals surface area contributed by atoms with Gasteiger partial charge in [-0.3, -0.25) is 0 Å². The SMILES string of the molecule is CCCCc1ccc(-c2ccc(/C(F)=C(/F)c3ccc(COCC(F)(F)F)cc3)cc2)c(F)c1. The van der Waals surface area contributed by atoms with Gasteiger partial charge < -0.3 is 4.74 Å². The normalized spacial score (nSPS) is 12.6. The molecule has 180 valence electrons. The van der Waals surface area contributed by atoms with Crippen LogP contribution in [0, 0.1) is 5.82 Å². The number of benzene rings is 3. The molecule has 0 aromatic heterocycles. The number of ether oxygens (including phenoxy) is 1. The molecule has 0 heterocycles. The van der Waals surface area contributed by atoms with Crippen LogP contribution in [0.2, 0.25) is 0 Å². The molecule has 0 radical (unpaired) electrons. The van der Waals surface area contributed by atoms with Crippen LogP contribution < -0.4 is 0 Å². The summed E-state index contributed by atoms with van der Waals surface area (Å²) in [5, 5.41) is 0. The molecule has 0 atom stereocenters. The molecule has 0 fully saturated rings. The topological polar surface area (TPSA) is 9.23 Å². The zero-order valence-electron chi connectivity index (χ0n) is 18.6. The van der Waals surface area contributed by atoms with E-state index in [2.05, 4.69) is 11.7 Å². The molecular weight excluding hydrogens is 454 g/mol. The van der Waals surface area contributed by atoms with Crippen LogP contribution >= 0.6 is 0 Å². The Morgan fingerprint density at radius 2 is 1.35 bits per heavy atom. The van der Waals surface area contributed by atoms with Gasteiger partial charge in [-0.1, -0.05) is 74.0 Å². The maximum absolute atomic E-state index is 14.7. The average molecular weight is 478 g/mol. The van der Waals surface area contributed by atoms with Gasteiger partial charge in [-0.15, -0.1) is 0 Å². The van der Waals surface area contributed by atoms with Crippen molar-refractivity contribution >= 4 is 11.7 Å². The first-order chi connectivity index (χ1) is 16.2. The lowest BCUT2D eigenvalue weighted by atomic mass is 9.99. The van der Waals surface area contributed by atoms with E-state index in [1.165, 1.54) is 54.6 Å². The Morgan fingerprint density at radius 3 is 1.88 bits per heavy atom. The van der Waals surface area contributed by atoms with E-state index >= 15 is 0 Å². The first-order valence-electron chi connectivity index (χ1n) is 10.9. The van der Waals surface area contributed by atoms with Crippen LogP contribution in [0.25, 0.3) is 22.8 Å². The van der Waals surface area contributed by atoms with Gasteiger partial charge in [0.2, 0.25) is 0 Å².